The third kappa shape index (κ3) is 4.90. The lowest BCUT2D eigenvalue weighted by Crippen LogP contribution is -2.33. The fourth-order valence-electron chi connectivity index (χ4n) is 6.14. The van der Waals surface area contributed by atoms with Crippen LogP contribution in [0, 0.1) is 25.5 Å². The SMILES string of the molecule is Cc1noc(C)c1-c1ccc2c(c1)nc(C1CCC(=O)N1c1ccc(F)c(F)c1)n2C1CCN(C(=O)CC(F)(F)F)C1. The molecule has 6 rings (SSSR count). The predicted molar refractivity (Wildman–Crippen MR) is 141 cm³/mol. The van der Waals surface area contributed by atoms with Crippen molar-refractivity contribution in [3.63, 3.8) is 0 Å². The average molecular weight is 588 g/mol. The Morgan fingerprint density at radius 1 is 1.07 bits per heavy atom. The molecule has 220 valence electrons. The minimum atomic E-state index is -4.62. The van der Waals surface area contributed by atoms with E-state index in [0.29, 0.717) is 41.2 Å². The van der Waals surface area contributed by atoms with Crippen LogP contribution >= 0.6 is 0 Å². The lowest BCUT2D eigenvalue weighted by Gasteiger charge is -2.27. The van der Waals surface area contributed by atoms with Crippen molar-refractivity contribution in [2.45, 2.75) is 57.8 Å². The number of aryl methyl sites for hydroxylation is 2. The first-order valence-electron chi connectivity index (χ1n) is 13.5. The Labute approximate surface area is 236 Å². The average Bonchev–Trinajstić information content (AvgIpc) is 3.69. The largest absolute Gasteiger partial charge is 0.397 e. The highest BCUT2D eigenvalue weighted by Crippen LogP contribution is 2.41. The van der Waals surface area contributed by atoms with Crippen LogP contribution in [0.3, 0.4) is 0 Å². The van der Waals surface area contributed by atoms with Crippen LogP contribution in [-0.2, 0) is 9.59 Å². The van der Waals surface area contributed by atoms with Gasteiger partial charge >= 0.3 is 6.18 Å². The maximum absolute atomic E-state index is 14.2. The van der Waals surface area contributed by atoms with Crippen LogP contribution in [0.2, 0.25) is 0 Å². The molecule has 0 N–H and O–H groups in total. The number of carbonyl (C=O) groups is 2. The van der Waals surface area contributed by atoms with Gasteiger partial charge in [0.1, 0.15) is 18.0 Å². The standard InChI is InChI=1S/C29H26F5N5O3/c1-15-27(16(2)42-36-15)17-3-6-23-22(11-17)35-28(39(23)19-9-10-37(14-19)26(41)13-29(32,33)34)24-7-8-25(40)38(24)18-4-5-20(30)21(31)12-18/h3-6,11-12,19,24H,7-10,13-14H2,1-2H3. The summed E-state index contributed by atoms with van der Waals surface area (Å²) < 4.78 is 74.0. The number of aromatic nitrogens is 3. The summed E-state index contributed by atoms with van der Waals surface area (Å²) in [6.45, 7) is 3.77. The van der Waals surface area contributed by atoms with Crippen LogP contribution in [0.5, 0.6) is 0 Å². The van der Waals surface area contributed by atoms with E-state index in [9.17, 15) is 31.5 Å². The Balaban J connectivity index is 1.45. The molecule has 2 aromatic heterocycles. The zero-order chi connectivity index (χ0) is 29.9. The third-order valence-corrected chi connectivity index (χ3v) is 7.96. The number of alkyl halides is 3. The molecule has 4 aromatic rings. The highest BCUT2D eigenvalue weighted by molar-refractivity contribution is 5.96. The normalized spacial score (nSPS) is 19.5. The molecule has 2 aliphatic rings. The number of benzene rings is 2. The van der Waals surface area contributed by atoms with E-state index in [1.807, 2.05) is 29.7 Å². The maximum Gasteiger partial charge on any atom is 0.397 e. The van der Waals surface area contributed by atoms with Crippen molar-refractivity contribution in [2.24, 2.45) is 0 Å². The van der Waals surface area contributed by atoms with E-state index in [1.165, 1.54) is 15.9 Å². The number of carbonyl (C=O) groups excluding carboxylic acids is 2. The molecule has 0 spiro atoms. The zero-order valence-electron chi connectivity index (χ0n) is 22.7. The van der Waals surface area contributed by atoms with Crippen LogP contribution in [-0.4, -0.2) is 50.7 Å². The van der Waals surface area contributed by atoms with Gasteiger partial charge < -0.3 is 18.9 Å². The quantitative estimate of drug-likeness (QED) is 0.261. The van der Waals surface area contributed by atoms with Crippen LogP contribution in [0.4, 0.5) is 27.6 Å². The van der Waals surface area contributed by atoms with Gasteiger partial charge in [0.25, 0.3) is 0 Å². The topological polar surface area (TPSA) is 84.5 Å². The van der Waals surface area contributed by atoms with Crippen molar-refractivity contribution in [3.8, 4) is 11.1 Å². The number of likely N-dealkylation sites (tertiary alicyclic amines) is 1. The minimum Gasteiger partial charge on any atom is -0.361 e. The molecule has 2 saturated heterocycles. The number of nitrogens with zero attached hydrogens (tertiary/aromatic N) is 5. The molecular formula is C29H26F5N5O3. The summed E-state index contributed by atoms with van der Waals surface area (Å²) in [5, 5.41) is 4.02. The van der Waals surface area contributed by atoms with Crippen molar-refractivity contribution in [2.75, 3.05) is 18.0 Å². The monoisotopic (exact) mass is 587 g/mol. The number of hydrogen-bond acceptors (Lipinski definition) is 5. The lowest BCUT2D eigenvalue weighted by molar-refractivity contribution is -0.160. The molecule has 2 atom stereocenters. The third-order valence-electron chi connectivity index (χ3n) is 7.96. The maximum atomic E-state index is 14.2. The Kier molecular flexibility index (Phi) is 6.77. The Morgan fingerprint density at radius 2 is 1.86 bits per heavy atom. The van der Waals surface area contributed by atoms with Crippen molar-refractivity contribution >= 4 is 28.5 Å². The molecule has 2 aliphatic heterocycles. The highest BCUT2D eigenvalue weighted by Gasteiger charge is 2.41. The molecular weight excluding hydrogens is 561 g/mol. The summed E-state index contributed by atoms with van der Waals surface area (Å²) in [6, 6.07) is 7.71. The smallest absolute Gasteiger partial charge is 0.361 e. The zero-order valence-corrected chi connectivity index (χ0v) is 22.7. The van der Waals surface area contributed by atoms with Crippen molar-refractivity contribution in [1.82, 2.24) is 19.6 Å². The van der Waals surface area contributed by atoms with Gasteiger partial charge in [-0.05, 0) is 56.5 Å². The Hall–Kier alpha value is -4.29. The molecule has 0 bridgehead atoms. The van der Waals surface area contributed by atoms with Gasteiger partial charge in [-0.3, -0.25) is 9.59 Å². The van der Waals surface area contributed by atoms with Gasteiger partial charge in [0.05, 0.1) is 28.8 Å². The number of halogens is 5. The van der Waals surface area contributed by atoms with E-state index in [-0.39, 0.29) is 31.1 Å². The van der Waals surface area contributed by atoms with E-state index in [4.69, 9.17) is 9.51 Å². The Morgan fingerprint density at radius 3 is 2.55 bits per heavy atom. The molecule has 13 heteroatoms. The fourth-order valence-corrected chi connectivity index (χ4v) is 6.14. The lowest BCUT2D eigenvalue weighted by atomic mass is 10.0. The first-order valence-corrected chi connectivity index (χ1v) is 13.5. The number of fused-ring (bicyclic) bond motifs is 1. The first-order chi connectivity index (χ1) is 19.9. The second kappa shape index (κ2) is 10.2. The summed E-state index contributed by atoms with van der Waals surface area (Å²) in [5.74, 6) is -2.38. The van der Waals surface area contributed by atoms with E-state index in [2.05, 4.69) is 5.16 Å². The van der Waals surface area contributed by atoms with Crippen LogP contribution in [0.15, 0.2) is 40.9 Å². The van der Waals surface area contributed by atoms with Gasteiger partial charge in [-0.2, -0.15) is 13.2 Å². The molecule has 0 aliphatic carbocycles. The number of anilines is 1. The second-order valence-electron chi connectivity index (χ2n) is 10.7. The number of rotatable bonds is 5. The van der Waals surface area contributed by atoms with Crippen molar-refractivity contribution in [3.05, 3.63) is 65.3 Å². The molecule has 8 nitrogen and oxygen atoms in total. The van der Waals surface area contributed by atoms with Gasteiger partial charge in [-0.25, -0.2) is 13.8 Å². The second-order valence-corrected chi connectivity index (χ2v) is 10.7. The van der Waals surface area contributed by atoms with Gasteiger partial charge in [0.2, 0.25) is 11.8 Å². The van der Waals surface area contributed by atoms with Gasteiger partial charge in [0.15, 0.2) is 11.6 Å². The summed E-state index contributed by atoms with van der Waals surface area (Å²) >= 11 is 0. The van der Waals surface area contributed by atoms with E-state index in [1.54, 1.807) is 6.92 Å². The molecule has 42 heavy (non-hydrogen) atoms. The molecule has 0 radical (unpaired) electrons. The number of imidazole rings is 1. The van der Waals surface area contributed by atoms with Gasteiger partial charge in [0, 0.05) is 36.8 Å². The van der Waals surface area contributed by atoms with Crippen molar-refractivity contribution < 1.29 is 36.1 Å². The molecule has 4 heterocycles. The van der Waals surface area contributed by atoms with Crippen LogP contribution < -0.4 is 4.90 Å². The van der Waals surface area contributed by atoms with E-state index in [0.717, 1.165) is 23.3 Å². The van der Waals surface area contributed by atoms with Crippen LogP contribution in [0.25, 0.3) is 22.2 Å². The van der Waals surface area contributed by atoms with E-state index >= 15 is 0 Å². The highest BCUT2D eigenvalue weighted by atomic mass is 19.4. The predicted octanol–water partition coefficient (Wildman–Crippen LogP) is 6.18. The number of amides is 2. The van der Waals surface area contributed by atoms with E-state index < -0.39 is 42.2 Å². The summed E-state index contributed by atoms with van der Waals surface area (Å²) in [7, 11) is 0. The summed E-state index contributed by atoms with van der Waals surface area (Å²) in [6.07, 6.45) is -5.32. The molecule has 2 amide bonds. The van der Waals surface area contributed by atoms with Crippen LogP contribution in [0.1, 0.15) is 55.0 Å². The van der Waals surface area contributed by atoms with Gasteiger partial charge in [-0.1, -0.05) is 11.2 Å². The molecule has 2 aromatic carbocycles. The summed E-state index contributed by atoms with van der Waals surface area (Å²) in [5.41, 5.74) is 3.68. The molecule has 2 fully saturated rings. The first kappa shape index (κ1) is 27.9. The molecule has 2 unspecified atom stereocenters. The number of hydrogen-bond donors (Lipinski definition) is 0. The van der Waals surface area contributed by atoms with Gasteiger partial charge in [-0.15, -0.1) is 0 Å². The molecule has 0 saturated carbocycles. The van der Waals surface area contributed by atoms with Crippen molar-refractivity contribution in [1.29, 1.82) is 0 Å². The Bertz CT molecular complexity index is 1690. The fraction of sp³-hybridized carbons (Fsp3) is 0.379. The summed E-state index contributed by atoms with van der Waals surface area (Å²) in [4.78, 5) is 33.0. The minimum absolute atomic E-state index is 0.0326.